The van der Waals surface area contributed by atoms with Crippen LogP contribution < -0.4 is 0 Å². The van der Waals surface area contributed by atoms with E-state index in [0.29, 0.717) is 3.95 Å². The van der Waals surface area contributed by atoms with E-state index in [0.717, 1.165) is 15.5 Å². The van der Waals surface area contributed by atoms with E-state index >= 15 is 0 Å². The van der Waals surface area contributed by atoms with Crippen molar-refractivity contribution in [3.8, 4) is 0 Å². The van der Waals surface area contributed by atoms with E-state index < -0.39 is 23.1 Å². The molecule has 2 heterocycles. The van der Waals surface area contributed by atoms with Crippen LogP contribution in [0.5, 0.6) is 0 Å². The summed E-state index contributed by atoms with van der Waals surface area (Å²) in [5, 5.41) is 0.120. The zero-order chi connectivity index (χ0) is 17.3. The SMILES string of the molecule is COC(=O)C1Sc2[nH]c(=S)sc2C(c2ccccc2)C1C(=O)OC. The van der Waals surface area contributed by atoms with Gasteiger partial charge in [-0.2, -0.15) is 0 Å². The molecule has 0 fully saturated rings. The van der Waals surface area contributed by atoms with Crippen molar-refractivity contribution in [2.75, 3.05) is 14.2 Å². The third-order valence-electron chi connectivity index (χ3n) is 3.92. The zero-order valence-electron chi connectivity index (χ0n) is 13.0. The fourth-order valence-corrected chi connectivity index (χ4v) is 5.82. The van der Waals surface area contributed by atoms with Gasteiger partial charge in [-0.15, -0.1) is 11.3 Å². The number of esters is 2. The van der Waals surface area contributed by atoms with Gasteiger partial charge in [0.2, 0.25) is 0 Å². The Bertz CT molecular complexity index is 814. The Morgan fingerprint density at radius 3 is 2.42 bits per heavy atom. The van der Waals surface area contributed by atoms with Crippen molar-refractivity contribution < 1.29 is 19.1 Å². The van der Waals surface area contributed by atoms with Crippen LogP contribution in [0, 0.1) is 9.87 Å². The molecular weight excluding hydrogens is 366 g/mol. The average Bonchev–Trinajstić information content (AvgIpc) is 2.99. The van der Waals surface area contributed by atoms with Gasteiger partial charge in [0.1, 0.15) is 5.25 Å². The summed E-state index contributed by atoms with van der Waals surface area (Å²) in [6, 6.07) is 9.61. The number of nitrogens with one attached hydrogen (secondary N) is 1. The molecule has 0 spiro atoms. The lowest BCUT2D eigenvalue weighted by Gasteiger charge is -2.34. The molecule has 0 bridgehead atoms. The van der Waals surface area contributed by atoms with Crippen molar-refractivity contribution >= 4 is 47.3 Å². The molecule has 1 aliphatic rings. The maximum absolute atomic E-state index is 12.5. The monoisotopic (exact) mass is 381 g/mol. The normalized spacial score (nSPS) is 22.5. The molecule has 0 saturated carbocycles. The second-order valence-electron chi connectivity index (χ2n) is 5.21. The van der Waals surface area contributed by atoms with Crippen LogP contribution in [0.15, 0.2) is 35.4 Å². The Morgan fingerprint density at radius 1 is 1.12 bits per heavy atom. The number of hydrogen-bond acceptors (Lipinski definition) is 7. The Kier molecular flexibility index (Phi) is 5.07. The van der Waals surface area contributed by atoms with Crippen LogP contribution in [-0.2, 0) is 19.1 Å². The van der Waals surface area contributed by atoms with Gasteiger partial charge in [-0.05, 0) is 17.8 Å². The van der Waals surface area contributed by atoms with Gasteiger partial charge >= 0.3 is 11.9 Å². The van der Waals surface area contributed by atoms with Crippen LogP contribution >= 0.6 is 35.3 Å². The highest BCUT2D eigenvalue weighted by atomic mass is 32.2. The molecule has 5 nitrogen and oxygen atoms in total. The van der Waals surface area contributed by atoms with Gasteiger partial charge in [0.05, 0.1) is 25.2 Å². The first-order chi connectivity index (χ1) is 11.6. The first kappa shape index (κ1) is 17.2. The molecule has 1 aliphatic heterocycles. The zero-order valence-corrected chi connectivity index (χ0v) is 15.4. The molecule has 0 aliphatic carbocycles. The van der Waals surface area contributed by atoms with Crippen LogP contribution in [0.2, 0.25) is 0 Å². The van der Waals surface area contributed by atoms with E-state index in [-0.39, 0.29) is 5.92 Å². The number of fused-ring (bicyclic) bond motifs is 1. The van der Waals surface area contributed by atoms with E-state index in [1.165, 1.54) is 37.3 Å². The van der Waals surface area contributed by atoms with Crippen molar-refractivity contribution in [2.24, 2.45) is 5.92 Å². The van der Waals surface area contributed by atoms with E-state index in [1.807, 2.05) is 30.3 Å². The topological polar surface area (TPSA) is 68.4 Å². The molecule has 3 unspecified atom stereocenters. The third-order valence-corrected chi connectivity index (χ3v) is 6.66. The summed E-state index contributed by atoms with van der Waals surface area (Å²) in [6.45, 7) is 0. The highest BCUT2D eigenvalue weighted by Crippen LogP contribution is 2.50. The van der Waals surface area contributed by atoms with Crippen LogP contribution in [0.1, 0.15) is 16.4 Å². The number of hydrogen-bond donors (Lipinski definition) is 1. The van der Waals surface area contributed by atoms with Crippen molar-refractivity contribution in [1.82, 2.24) is 4.98 Å². The summed E-state index contributed by atoms with van der Waals surface area (Å²) in [7, 11) is 2.65. The predicted octanol–water partition coefficient (Wildman–Crippen LogP) is 3.37. The van der Waals surface area contributed by atoms with Gasteiger partial charge in [0.25, 0.3) is 0 Å². The van der Waals surface area contributed by atoms with Gasteiger partial charge in [-0.1, -0.05) is 42.1 Å². The number of benzene rings is 1. The quantitative estimate of drug-likeness (QED) is 0.649. The molecule has 126 valence electrons. The number of thiazole rings is 1. The number of aromatic nitrogens is 1. The number of carbonyl (C=O) groups excluding carboxylic acids is 2. The van der Waals surface area contributed by atoms with Crippen LogP contribution in [0.4, 0.5) is 0 Å². The van der Waals surface area contributed by atoms with Gasteiger partial charge < -0.3 is 14.5 Å². The number of aromatic amines is 1. The molecule has 8 heteroatoms. The van der Waals surface area contributed by atoms with E-state index in [1.54, 1.807) is 0 Å². The predicted molar refractivity (Wildman–Crippen MR) is 95.0 cm³/mol. The van der Waals surface area contributed by atoms with Crippen molar-refractivity contribution in [3.63, 3.8) is 0 Å². The van der Waals surface area contributed by atoms with Gasteiger partial charge in [0.15, 0.2) is 3.95 Å². The minimum absolute atomic E-state index is 0.308. The standard InChI is InChI=1S/C16H15NO4S3/c1-20-14(18)10-9(8-6-4-3-5-7-8)11-13(17-16(22)24-11)23-12(10)15(19)21-2/h3-7,9-10,12H,1-2H3,(H,17,22). The Balaban J connectivity index is 2.20. The molecule has 0 radical (unpaired) electrons. The van der Waals surface area contributed by atoms with E-state index in [2.05, 4.69) is 4.98 Å². The van der Waals surface area contributed by atoms with Gasteiger partial charge in [-0.3, -0.25) is 9.59 Å². The molecule has 3 rings (SSSR count). The molecular formula is C16H15NO4S3. The number of carbonyl (C=O) groups is 2. The second kappa shape index (κ2) is 7.08. The third kappa shape index (κ3) is 3.01. The molecule has 2 aromatic rings. The minimum atomic E-state index is -0.694. The number of rotatable bonds is 3. The number of ether oxygens (including phenoxy) is 2. The van der Waals surface area contributed by atoms with Crippen LogP contribution in [-0.4, -0.2) is 36.4 Å². The molecule has 0 saturated heterocycles. The number of thioether (sulfide) groups is 1. The average molecular weight is 382 g/mol. The Labute approximate surface area is 152 Å². The molecule has 1 aromatic carbocycles. The summed E-state index contributed by atoms with van der Waals surface area (Å²) in [6.07, 6.45) is 0. The number of methoxy groups -OCH3 is 2. The van der Waals surface area contributed by atoms with Crippen molar-refractivity contribution in [1.29, 1.82) is 0 Å². The summed E-state index contributed by atoms with van der Waals surface area (Å²) in [5.74, 6) is -1.87. The number of H-pyrrole nitrogens is 1. The molecule has 1 N–H and O–H groups in total. The van der Waals surface area contributed by atoms with Crippen LogP contribution in [0.3, 0.4) is 0 Å². The summed E-state index contributed by atoms with van der Waals surface area (Å²) >= 11 is 7.96. The fraction of sp³-hybridized carbons (Fsp3) is 0.312. The summed E-state index contributed by atoms with van der Waals surface area (Å²) in [5.41, 5.74) is 0.939. The molecule has 0 amide bonds. The smallest absolute Gasteiger partial charge is 0.320 e. The second-order valence-corrected chi connectivity index (χ2v) is 8.08. The lowest BCUT2D eigenvalue weighted by atomic mass is 9.82. The van der Waals surface area contributed by atoms with E-state index in [9.17, 15) is 9.59 Å². The van der Waals surface area contributed by atoms with Crippen molar-refractivity contribution in [3.05, 3.63) is 44.7 Å². The summed E-state index contributed by atoms with van der Waals surface area (Å²) < 4.78 is 10.5. The highest BCUT2D eigenvalue weighted by molar-refractivity contribution is 8.00. The Morgan fingerprint density at radius 2 is 1.79 bits per heavy atom. The molecule has 24 heavy (non-hydrogen) atoms. The van der Waals surface area contributed by atoms with E-state index in [4.69, 9.17) is 21.7 Å². The summed E-state index contributed by atoms with van der Waals surface area (Å²) in [4.78, 5) is 28.9. The Hall–Kier alpha value is -1.64. The van der Waals surface area contributed by atoms with Crippen LogP contribution in [0.25, 0.3) is 0 Å². The first-order valence-corrected chi connectivity index (χ1v) is 9.27. The van der Waals surface area contributed by atoms with Gasteiger partial charge in [-0.25, -0.2) is 0 Å². The van der Waals surface area contributed by atoms with Crippen molar-refractivity contribution in [2.45, 2.75) is 16.2 Å². The molecule has 3 atom stereocenters. The highest BCUT2D eigenvalue weighted by Gasteiger charge is 2.48. The first-order valence-electron chi connectivity index (χ1n) is 7.17. The minimum Gasteiger partial charge on any atom is -0.469 e. The maximum Gasteiger partial charge on any atom is 0.320 e. The fourth-order valence-electron chi connectivity index (χ4n) is 2.88. The largest absolute Gasteiger partial charge is 0.469 e. The van der Waals surface area contributed by atoms with Gasteiger partial charge in [0, 0.05) is 10.8 Å². The lowest BCUT2D eigenvalue weighted by molar-refractivity contribution is -0.151. The lowest BCUT2D eigenvalue weighted by Crippen LogP contribution is -2.40. The molecule has 1 aromatic heterocycles. The maximum atomic E-state index is 12.5.